The second-order valence-corrected chi connectivity index (χ2v) is 5.81. The molecule has 0 unspecified atom stereocenters. The molecule has 7 heteroatoms. The molecule has 23 heavy (non-hydrogen) atoms. The molecule has 118 valence electrons. The topological polar surface area (TPSA) is 64.2 Å². The van der Waals surface area contributed by atoms with E-state index < -0.39 is 5.76 Å². The van der Waals surface area contributed by atoms with Crippen molar-refractivity contribution < 1.29 is 9.21 Å². The van der Waals surface area contributed by atoms with Crippen molar-refractivity contribution in [3.63, 3.8) is 0 Å². The highest BCUT2D eigenvalue weighted by atomic mass is 35.5. The molecule has 3 rings (SSSR count). The minimum absolute atomic E-state index is 0.119. The number of hydrogen-bond acceptors (Lipinski definition) is 3. The molecule has 1 N–H and O–H groups in total. The van der Waals surface area contributed by atoms with Crippen molar-refractivity contribution in [1.29, 1.82) is 0 Å². The summed E-state index contributed by atoms with van der Waals surface area (Å²) in [5, 5.41) is 3.76. The second-order valence-electron chi connectivity index (χ2n) is 4.94. The average molecular weight is 351 g/mol. The van der Waals surface area contributed by atoms with Crippen molar-refractivity contribution in [3.8, 4) is 0 Å². The first kappa shape index (κ1) is 15.6. The molecule has 1 heterocycles. The zero-order chi connectivity index (χ0) is 16.4. The largest absolute Gasteiger partial charge is 0.419 e. The fourth-order valence-electron chi connectivity index (χ4n) is 2.25. The van der Waals surface area contributed by atoms with Crippen LogP contribution in [0.3, 0.4) is 0 Å². The van der Waals surface area contributed by atoms with Gasteiger partial charge in [0, 0.05) is 28.7 Å². The maximum absolute atomic E-state index is 12.0. The molecule has 0 saturated carbocycles. The summed E-state index contributed by atoms with van der Waals surface area (Å²) in [4.78, 5) is 23.9. The number of amides is 1. The van der Waals surface area contributed by atoms with Gasteiger partial charge >= 0.3 is 5.76 Å². The number of aromatic nitrogens is 1. The quantitative estimate of drug-likeness (QED) is 0.775. The number of oxazole rings is 1. The number of carbonyl (C=O) groups excluding carboxylic acids is 1. The van der Waals surface area contributed by atoms with E-state index in [1.807, 2.05) is 0 Å². The van der Waals surface area contributed by atoms with Crippen LogP contribution in [0.5, 0.6) is 0 Å². The number of rotatable bonds is 4. The highest BCUT2D eigenvalue weighted by Crippen LogP contribution is 2.19. The molecule has 0 aliphatic heterocycles. The van der Waals surface area contributed by atoms with Crippen LogP contribution in [0, 0.1) is 0 Å². The van der Waals surface area contributed by atoms with Gasteiger partial charge in [0.1, 0.15) is 0 Å². The summed E-state index contributed by atoms with van der Waals surface area (Å²) in [5.74, 6) is -0.742. The van der Waals surface area contributed by atoms with Crippen LogP contribution < -0.4 is 11.1 Å². The Hall–Kier alpha value is -2.24. The number of benzene rings is 2. The van der Waals surface area contributed by atoms with Crippen LogP contribution in [0.2, 0.25) is 10.0 Å². The van der Waals surface area contributed by atoms with Crippen molar-refractivity contribution >= 4 is 45.9 Å². The van der Waals surface area contributed by atoms with E-state index >= 15 is 0 Å². The number of nitrogens with one attached hydrogen (secondary N) is 1. The monoisotopic (exact) mass is 350 g/mol. The van der Waals surface area contributed by atoms with Crippen LogP contribution in [0.15, 0.2) is 51.7 Å². The van der Waals surface area contributed by atoms with Gasteiger partial charge in [0.05, 0.1) is 5.52 Å². The van der Waals surface area contributed by atoms with E-state index in [0.29, 0.717) is 26.8 Å². The van der Waals surface area contributed by atoms with Crippen molar-refractivity contribution in [3.05, 3.63) is 63.1 Å². The van der Waals surface area contributed by atoms with E-state index in [1.54, 1.807) is 42.5 Å². The average Bonchev–Trinajstić information content (AvgIpc) is 2.80. The van der Waals surface area contributed by atoms with Crippen molar-refractivity contribution in [2.24, 2.45) is 0 Å². The SMILES string of the molecule is O=C(CCn1c(=O)oc2ccc(Cl)cc21)Nc1cccc(Cl)c1. The van der Waals surface area contributed by atoms with Gasteiger partial charge in [0.15, 0.2) is 5.58 Å². The normalized spacial score (nSPS) is 10.9. The lowest BCUT2D eigenvalue weighted by molar-refractivity contribution is -0.116. The Balaban J connectivity index is 1.73. The second kappa shape index (κ2) is 6.48. The number of hydrogen-bond donors (Lipinski definition) is 1. The number of aryl methyl sites for hydroxylation is 1. The summed E-state index contributed by atoms with van der Waals surface area (Å²) >= 11 is 11.8. The molecule has 0 fully saturated rings. The first-order valence-electron chi connectivity index (χ1n) is 6.87. The van der Waals surface area contributed by atoms with E-state index in [4.69, 9.17) is 27.6 Å². The zero-order valence-corrected chi connectivity index (χ0v) is 13.4. The first-order chi connectivity index (χ1) is 11.0. The molecule has 0 bridgehead atoms. The molecular weight excluding hydrogens is 339 g/mol. The van der Waals surface area contributed by atoms with Gasteiger partial charge in [0.2, 0.25) is 5.91 Å². The van der Waals surface area contributed by atoms with E-state index in [-0.39, 0.29) is 18.9 Å². The van der Waals surface area contributed by atoms with Gasteiger partial charge in [0.25, 0.3) is 0 Å². The van der Waals surface area contributed by atoms with E-state index in [9.17, 15) is 9.59 Å². The molecule has 0 atom stereocenters. The summed E-state index contributed by atoms with van der Waals surface area (Å²) in [6.45, 7) is 0.193. The van der Waals surface area contributed by atoms with Gasteiger partial charge in [-0.2, -0.15) is 0 Å². The van der Waals surface area contributed by atoms with Crippen molar-refractivity contribution in [2.45, 2.75) is 13.0 Å². The molecular formula is C16H12Cl2N2O3. The lowest BCUT2D eigenvalue weighted by Gasteiger charge is -2.06. The van der Waals surface area contributed by atoms with Crippen LogP contribution in [0.4, 0.5) is 5.69 Å². The van der Waals surface area contributed by atoms with Gasteiger partial charge in [-0.15, -0.1) is 0 Å². The third-order valence-electron chi connectivity index (χ3n) is 3.30. The van der Waals surface area contributed by atoms with Crippen LogP contribution in [0.25, 0.3) is 11.1 Å². The molecule has 1 amide bonds. The molecule has 0 radical (unpaired) electrons. The lowest BCUT2D eigenvalue weighted by Crippen LogP contribution is -2.19. The standard InChI is InChI=1S/C16H12Cl2N2O3/c17-10-2-1-3-12(8-10)19-15(21)6-7-20-13-9-11(18)4-5-14(13)23-16(20)22/h1-5,8-9H,6-7H2,(H,19,21). The van der Waals surface area contributed by atoms with Gasteiger partial charge in [-0.25, -0.2) is 4.79 Å². The predicted octanol–water partition coefficient (Wildman–Crippen LogP) is 3.93. The van der Waals surface area contributed by atoms with E-state index in [2.05, 4.69) is 5.32 Å². The van der Waals surface area contributed by atoms with Crippen molar-refractivity contribution in [1.82, 2.24) is 4.57 Å². The molecule has 0 aliphatic carbocycles. The molecule has 2 aromatic carbocycles. The Morgan fingerprint density at radius 2 is 1.91 bits per heavy atom. The third-order valence-corrected chi connectivity index (χ3v) is 3.77. The summed E-state index contributed by atoms with van der Waals surface area (Å²) in [6, 6.07) is 11.8. The molecule has 0 aliphatic rings. The Kier molecular flexibility index (Phi) is 4.41. The minimum atomic E-state index is -0.516. The van der Waals surface area contributed by atoms with Crippen LogP contribution in [-0.2, 0) is 11.3 Å². The summed E-state index contributed by atoms with van der Waals surface area (Å²) in [7, 11) is 0. The van der Waals surface area contributed by atoms with Gasteiger partial charge in [-0.05, 0) is 36.4 Å². The lowest BCUT2D eigenvalue weighted by atomic mass is 10.3. The number of halogens is 2. The Bertz CT molecular complexity index is 930. The molecule has 3 aromatic rings. The maximum Gasteiger partial charge on any atom is 0.419 e. The molecule has 0 spiro atoms. The minimum Gasteiger partial charge on any atom is -0.408 e. The fraction of sp³-hybridized carbons (Fsp3) is 0.125. The van der Waals surface area contributed by atoms with Crippen LogP contribution in [-0.4, -0.2) is 10.5 Å². The summed E-state index contributed by atoms with van der Waals surface area (Å²) in [6.07, 6.45) is 0.119. The van der Waals surface area contributed by atoms with Crippen LogP contribution in [0.1, 0.15) is 6.42 Å². The van der Waals surface area contributed by atoms with E-state index in [0.717, 1.165) is 0 Å². The van der Waals surface area contributed by atoms with E-state index in [1.165, 1.54) is 4.57 Å². The van der Waals surface area contributed by atoms with Gasteiger partial charge in [-0.3, -0.25) is 9.36 Å². The summed E-state index contributed by atoms with van der Waals surface area (Å²) in [5.41, 5.74) is 1.61. The van der Waals surface area contributed by atoms with Gasteiger partial charge in [-0.1, -0.05) is 29.3 Å². The molecule has 1 aromatic heterocycles. The highest BCUT2D eigenvalue weighted by Gasteiger charge is 2.11. The number of nitrogens with zero attached hydrogens (tertiary/aromatic N) is 1. The predicted molar refractivity (Wildman–Crippen MR) is 90.2 cm³/mol. The maximum atomic E-state index is 12.0. The van der Waals surface area contributed by atoms with Crippen molar-refractivity contribution in [2.75, 3.05) is 5.32 Å². The zero-order valence-electron chi connectivity index (χ0n) is 11.9. The highest BCUT2D eigenvalue weighted by molar-refractivity contribution is 6.31. The summed E-state index contributed by atoms with van der Waals surface area (Å²) < 4.78 is 6.51. The molecule has 5 nitrogen and oxygen atoms in total. The number of anilines is 1. The smallest absolute Gasteiger partial charge is 0.408 e. The third kappa shape index (κ3) is 3.57. The number of fused-ring (bicyclic) bond motifs is 1. The fourth-order valence-corrected chi connectivity index (χ4v) is 2.61. The van der Waals surface area contributed by atoms with Crippen LogP contribution >= 0.6 is 23.2 Å². The Morgan fingerprint density at radius 3 is 2.70 bits per heavy atom. The first-order valence-corrected chi connectivity index (χ1v) is 7.63. The number of carbonyl (C=O) groups is 1. The molecule has 0 saturated heterocycles. The Morgan fingerprint density at radius 1 is 1.13 bits per heavy atom. The van der Waals surface area contributed by atoms with Gasteiger partial charge < -0.3 is 9.73 Å². The Labute approximate surface area is 141 Å².